The predicted octanol–water partition coefficient (Wildman–Crippen LogP) is 3.89. The van der Waals surface area contributed by atoms with Crippen LogP contribution in [0.4, 0.5) is 5.82 Å². The van der Waals surface area contributed by atoms with Crippen LogP contribution in [-0.4, -0.2) is 57.6 Å². The number of benzene rings is 1. The molecule has 6 nitrogen and oxygen atoms in total. The lowest BCUT2D eigenvalue weighted by molar-refractivity contribution is 0.312. The van der Waals surface area contributed by atoms with Gasteiger partial charge in [0.05, 0.1) is 10.7 Å². The van der Waals surface area contributed by atoms with Gasteiger partial charge in [0.25, 0.3) is 0 Å². The van der Waals surface area contributed by atoms with Gasteiger partial charge >= 0.3 is 0 Å². The number of piperazine rings is 1. The van der Waals surface area contributed by atoms with Crippen molar-refractivity contribution < 1.29 is 0 Å². The molecule has 0 aliphatic carbocycles. The van der Waals surface area contributed by atoms with E-state index in [-0.39, 0.29) is 0 Å². The first kappa shape index (κ1) is 18.1. The summed E-state index contributed by atoms with van der Waals surface area (Å²) in [5.74, 6) is 1.76. The van der Waals surface area contributed by atoms with E-state index in [2.05, 4.69) is 32.5 Å². The van der Waals surface area contributed by atoms with Crippen LogP contribution in [0.25, 0.3) is 28.2 Å². The first-order valence-corrected chi connectivity index (χ1v) is 10.1. The predicted molar refractivity (Wildman–Crippen MR) is 117 cm³/mol. The van der Waals surface area contributed by atoms with Crippen LogP contribution in [0.2, 0.25) is 5.02 Å². The van der Waals surface area contributed by atoms with E-state index in [1.165, 1.54) is 0 Å². The van der Waals surface area contributed by atoms with Gasteiger partial charge in [-0.25, -0.2) is 9.97 Å². The Morgan fingerprint density at radius 1 is 0.862 bits per heavy atom. The minimum atomic E-state index is 0.664. The summed E-state index contributed by atoms with van der Waals surface area (Å²) in [5.41, 5.74) is 3.50. The smallest absolute Gasteiger partial charge is 0.167 e. The molecule has 1 aliphatic rings. The van der Waals surface area contributed by atoms with Crippen LogP contribution >= 0.6 is 11.6 Å². The molecular formula is C22H21ClN6. The Bertz CT molecular complexity index is 1150. The van der Waals surface area contributed by atoms with E-state index < -0.39 is 0 Å². The molecule has 0 spiro atoms. The Kier molecular flexibility index (Phi) is 4.66. The lowest BCUT2D eigenvalue weighted by atomic mass is 10.2. The zero-order valence-corrected chi connectivity index (χ0v) is 16.9. The van der Waals surface area contributed by atoms with E-state index >= 15 is 0 Å². The molecule has 1 aromatic carbocycles. The van der Waals surface area contributed by atoms with Gasteiger partial charge in [-0.3, -0.25) is 9.55 Å². The van der Waals surface area contributed by atoms with E-state index in [0.717, 1.165) is 60.2 Å². The first-order valence-electron chi connectivity index (χ1n) is 9.69. The number of anilines is 1. The largest absolute Gasteiger partial charge is 0.354 e. The summed E-state index contributed by atoms with van der Waals surface area (Å²) in [4.78, 5) is 18.7. The molecule has 3 aromatic heterocycles. The second-order valence-corrected chi connectivity index (χ2v) is 7.67. The van der Waals surface area contributed by atoms with Crippen molar-refractivity contribution in [1.29, 1.82) is 0 Å². The normalized spacial score (nSPS) is 15.2. The third-order valence-corrected chi connectivity index (χ3v) is 5.68. The van der Waals surface area contributed by atoms with Crippen molar-refractivity contribution in [2.24, 2.45) is 0 Å². The molecule has 5 rings (SSSR count). The zero-order chi connectivity index (χ0) is 19.8. The molecule has 0 radical (unpaired) electrons. The highest BCUT2D eigenvalue weighted by Gasteiger charge is 2.20. The van der Waals surface area contributed by atoms with Crippen LogP contribution in [0.5, 0.6) is 0 Å². The van der Waals surface area contributed by atoms with Crippen LogP contribution in [0, 0.1) is 0 Å². The fraction of sp³-hybridized carbons (Fsp3) is 0.227. The van der Waals surface area contributed by atoms with Gasteiger partial charge < -0.3 is 9.80 Å². The van der Waals surface area contributed by atoms with E-state index in [0.29, 0.717) is 5.02 Å². The second-order valence-electron chi connectivity index (χ2n) is 7.26. The summed E-state index contributed by atoms with van der Waals surface area (Å²) >= 11 is 6.51. The minimum Gasteiger partial charge on any atom is -0.354 e. The van der Waals surface area contributed by atoms with Crippen molar-refractivity contribution in [3.8, 4) is 17.1 Å². The minimum absolute atomic E-state index is 0.664. The Balaban J connectivity index is 1.70. The molecular weight excluding hydrogens is 384 g/mol. The first-order chi connectivity index (χ1) is 14.2. The van der Waals surface area contributed by atoms with Crippen molar-refractivity contribution in [2.75, 3.05) is 38.1 Å². The number of halogens is 1. The summed E-state index contributed by atoms with van der Waals surface area (Å²) in [6.45, 7) is 4.01. The Hall–Kier alpha value is -2.96. The van der Waals surface area contributed by atoms with Crippen LogP contribution in [-0.2, 0) is 0 Å². The highest BCUT2D eigenvalue weighted by atomic mass is 35.5. The van der Waals surface area contributed by atoms with E-state index in [1.54, 1.807) is 12.4 Å². The number of nitrogens with zero attached hydrogens (tertiary/aromatic N) is 6. The highest BCUT2D eigenvalue weighted by molar-refractivity contribution is 6.33. The fourth-order valence-corrected chi connectivity index (χ4v) is 3.94. The lowest BCUT2D eigenvalue weighted by Gasteiger charge is -2.33. The van der Waals surface area contributed by atoms with Crippen molar-refractivity contribution in [3.05, 3.63) is 65.9 Å². The Labute approximate surface area is 174 Å². The van der Waals surface area contributed by atoms with Gasteiger partial charge in [0.15, 0.2) is 5.65 Å². The second kappa shape index (κ2) is 7.46. The SMILES string of the molecule is CN1CCN(c2ccc3nc(-c4ccccc4Cl)n(-c4ccncc4)c3n2)CC1. The third-order valence-electron chi connectivity index (χ3n) is 5.35. The summed E-state index contributed by atoms with van der Waals surface area (Å²) in [7, 11) is 2.16. The number of rotatable bonds is 3. The third kappa shape index (κ3) is 3.34. The molecule has 1 fully saturated rings. The number of pyridine rings is 2. The van der Waals surface area contributed by atoms with Gasteiger partial charge in [-0.1, -0.05) is 23.7 Å². The van der Waals surface area contributed by atoms with Gasteiger partial charge in [0.1, 0.15) is 17.2 Å². The van der Waals surface area contributed by atoms with Crippen LogP contribution in [0.15, 0.2) is 60.9 Å². The molecule has 0 unspecified atom stereocenters. The molecule has 0 N–H and O–H groups in total. The molecule has 0 saturated carbocycles. The van der Waals surface area contributed by atoms with Gasteiger partial charge in [-0.15, -0.1) is 0 Å². The molecule has 1 saturated heterocycles. The monoisotopic (exact) mass is 404 g/mol. The topological polar surface area (TPSA) is 50.1 Å². The van der Waals surface area contributed by atoms with Crippen molar-refractivity contribution in [2.45, 2.75) is 0 Å². The molecule has 1 aliphatic heterocycles. The number of imidazole rings is 1. The van der Waals surface area contributed by atoms with E-state index in [9.17, 15) is 0 Å². The molecule has 29 heavy (non-hydrogen) atoms. The Morgan fingerprint density at radius 3 is 2.38 bits per heavy atom. The van der Waals surface area contributed by atoms with Crippen LogP contribution in [0.1, 0.15) is 0 Å². The van der Waals surface area contributed by atoms with E-state index in [4.69, 9.17) is 21.6 Å². The number of fused-ring (bicyclic) bond motifs is 1. The number of hydrogen-bond donors (Lipinski definition) is 0. The highest BCUT2D eigenvalue weighted by Crippen LogP contribution is 2.32. The summed E-state index contributed by atoms with van der Waals surface area (Å²) in [6, 6.07) is 15.8. The van der Waals surface area contributed by atoms with Gasteiger partial charge in [0, 0.05) is 44.1 Å². The number of likely N-dealkylation sites (N-methyl/N-ethyl adjacent to an activating group) is 1. The molecule has 0 bridgehead atoms. The van der Waals surface area contributed by atoms with Crippen molar-refractivity contribution in [1.82, 2.24) is 24.4 Å². The quantitative estimate of drug-likeness (QED) is 0.518. The molecule has 146 valence electrons. The molecule has 4 aromatic rings. The van der Waals surface area contributed by atoms with Crippen LogP contribution < -0.4 is 4.90 Å². The van der Waals surface area contributed by atoms with Crippen LogP contribution in [0.3, 0.4) is 0 Å². The lowest BCUT2D eigenvalue weighted by Crippen LogP contribution is -2.44. The van der Waals surface area contributed by atoms with Gasteiger partial charge in [-0.05, 0) is 43.4 Å². The molecule has 4 heterocycles. The van der Waals surface area contributed by atoms with Gasteiger partial charge in [0.2, 0.25) is 0 Å². The van der Waals surface area contributed by atoms with E-state index in [1.807, 2.05) is 42.5 Å². The maximum Gasteiger partial charge on any atom is 0.167 e. The van der Waals surface area contributed by atoms with Crippen molar-refractivity contribution in [3.63, 3.8) is 0 Å². The standard InChI is InChI=1S/C22H21ClN6/c1-27-12-14-28(15-13-27)20-7-6-19-22(26-20)29(16-8-10-24-11-9-16)21(25-19)17-4-2-3-5-18(17)23/h2-11H,12-15H2,1H3. The number of aromatic nitrogens is 4. The molecule has 0 atom stereocenters. The maximum atomic E-state index is 6.51. The fourth-order valence-electron chi connectivity index (χ4n) is 3.72. The Morgan fingerprint density at radius 2 is 1.62 bits per heavy atom. The average Bonchev–Trinajstić information content (AvgIpc) is 3.13. The summed E-state index contributed by atoms with van der Waals surface area (Å²) in [6.07, 6.45) is 3.56. The summed E-state index contributed by atoms with van der Waals surface area (Å²) in [5, 5.41) is 0.664. The molecule has 0 amide bonds. The number of hydrogen-bond acceptors (Lipinski definition) is 5. The zero-order valence-electron chi connectivity index (χ0n) is 16.2. The van der Waals surface area contributed by atoms with Gasteiger partial charge in [-0.2, -0.15) is 0 Å². The average molecular weight is 405 g/mol. The maximum absolute atomic E-state index is 6.51. The summed E-state index contributed by atoms with van der Waals surface area (Å²) < 4.78 is 2.07. The molecule has 7 heteroatoms. The van der Waals surface area contributed by atoms with Crippen molar-refractivity contribution >= 4 is 28.6 Å².